The van der Waals surface area contributed by atoms with E-state index in [1.165, 1.54) is 0 Å². The number of carbonyl (C=O) groups excluding carboxylic acids is 2. The Kier molecular flexibility index (Phi) is 4.07. The third kappa shape index (κ3) is 2.73. The lowest BCUT2D eigenvalue weighted by atomic mass is 9.74. The van der Waals surface area contributed by atoms with E-state index in [2.05, 4.69) is 10.5 Å². The van der Waals surface area contributed by atoms with Crippen molar-refractivity contribution >= 4 is 28.8 Å². The summed E-state index contributed by atoms with van der Waals surface area (Å²) in [5, 5.41) is 7.51. The number of carbonyl (C=O) groups is 2. The van der Waals surface area contributed by atoms with Gasteiger partial charge in [-0.2, -0.15) is 0 Å². The minimum absolute atomic E-state index is 0.0672. The molecule has 7 heteroatoms. The molecule has 1 saturated carbocycles. The number of aromatic nitrogens is 1. The van der Waals surface area contributed by atoms with Gasteiger partial charge in [0.15, 0.2) is 11.4 Å². The molecule has 2 bridgehead atoms. The van der Waals surface area contributed by atoms with Crippen LogP contribution in [0.4, 0.5) is 10.6 Å². The Morgan fingerprint density at radius 3 is 2.80 bits per heavy atom. The van der Waals surface area contributed by atoms with E-state index in [4.69, 9.17) is 9.26 Å². The van der Waals surface area contributed by atoms with Crippen molar-refractivity contribution in [2.45, 2.75) is 44.7 Å². The van der Waals surface area contributed by atoms with Crippen LogP contribution in [0.5, 0.6) is 0 Å². The molecule has 1 unspecified atom stereocenters. The van der Waals surface area contributed by atoms with E-state index in [1.54, 1.807) is 17.9 Å². The molecule has 1 N–H and O–H groups in total. The molecule has 1 aromatic carbocycles. The van der Waals surface area contributed by atoms with Gasteiger partial charge in [0.25, 0.3) is 0 Å². The van der Waals surface area contributed by atoms with Crippen LogP contribution in [-0.2, 0) is 9.53 Å². The van der Waals surface area contributed by atoms with E-state index in [0.717, 1.165) is 31.1 Å². The fraction of sp³-hybridized carbons (Fsp3) is 0.500. The van der Waals surface area contributed by atoms with Gasteiger partial charge >= 0.3 is 12.0 Å². The molecular weight excluding hydrogens is 322 g/mol. The minimum atomic E-state index is -0.509. The van der Waals surface area contributed by atoms with E-state index in [0.29, 0.717) is 18.0 Å². The van der Waals surface area contributed by atoms with Crippen LogP contribution in [0.3, 0.4) is 0 Å². The predicted molar refractivity (Wildman–Crippen MR) is 91.0 cm³/mol. The van der Waals surface area contributed by atoms with Gasteiger partial charge in [0.1, 0.15) is 6.04 Å². The molecule has 2 saturated heterocycles. The van der Waals surface area contributed by atoms with Crippen molar-refractivity contribution in [3.63, 3.8) is 0 Å². The highest BCUT2D eigenvalue weighted by Gasteiger charge is 2.48. The number of amides is 2. The molecule has 2 amide bonds. The Morgan fingerprint density at radius 1 is 1.28 bits per heavy atom. The van der Waals surface area contributed by atoms with Crippen LogP contribution in [-0.4, -0.2) is 40.7 Å². The summed E-state index contributed by atoms with van der Waals surface area (Å²) in [6.45, 7) is 2.10. The average molecular weight is 343 g/mol. The number of piperidine rings is 2. The van der Waals surface area contributed by atoms with E-state index in [-0.39, 0.29) is 24.0 Å². The first-order valence-corrected chi connectivity index (χ1v) is 8.79. The average Bonchev–Trinajstić information content (AvgIpc) is 3.05. The smallest absolute Gasteiger partial charge is 0.329 e. The second kappa shape index (κ2) is 6.38. The Labute approximate surface area is 145 Å². The van der Waals surface area contributed by atoms with Gasteiger partial charge < -0.3 is 14.2 Å². The summed E-state index contributed by atoms with van der Waals surface area (Å²) in [5.41, 5.74) is 0.611. The molecule has 0 spiro atoms. The normalized spacial score (nSPS) is 25.2. The third-order valence-corrected chi connectivity index (χ3v) is 5.25. The maximum atomic E-state index is 12.9. The van der Waals surface area contributed by atoms with Crippen molar-refractivity contribution in [1.29, 1.82) is 0 Å². The number of nitrogens with one attached hydrogen (secondary N) is 1. The van der Waals surface area contributed by atoms with Crippen molar-refractivity contribution in [2.75, 3.05) is 11.9 Å². The van der Waals surface area contributed by atoms with Crippen molar-refractivity contribution in [2.24, 2.45) is 5.92 Å². The summed E-state index contributed by atoms with van der Waals surface area (Å²) >= 11 is 0. The zero-order valence-electron chi connectivity index (χ0n) is 14.1. The van der Waals surface area contributed by atoms with Crippen LogP contribution >= 0.6 is 0 Å². The number of rotatable bonds is 3. The minimum Gasteiger partial charge on any atom is -0.464 e. The number of nitrogens with zero attached hydrogens (tertiary/aromatic N) is 2. The lowest BCUT2D eigenvalue weighted by Gasteiger charge is -2.49. The van der Waals surface area contributed by atoms with Gasteiger partial charge in [-0.25, -0.2) is 9.59 Å². The van der Waals surface area contributed by atoms with E-state index in [1.807, 2.05) is 18.2 Å². The lowest BCUT2D eigenvalue weighted by molar-refractivity contribution is -0.155. The highest BCUT2D eigenvalue weighted by molar-refractivity contribution is 5.99. The highest BCUT2D eigenvalue weighted by atomic mass is 16.5. The maximum Gasteiger partial charge on any atom is 0.329 e. The number of ether oxygens (including phenoxy) is 1. The Bertz CT molecular complexity index is 794. The molecule has 25 heavy (non-hydrogen) atoms. The van der Waals surface area contributed by atoms with Crippen LogP contribution in [0.15, 0.2) is 28.8 Å². The molecule has 3 heterocycles. The van der Waals surface area contributed by atoms with Gasteiger partial charge in [0.2, 0.25) is 0 Å². The fourth-order valence-corrected chi connectivity index (χ4v) is 4.12. The zero-order chi connectivity index (χ0) is 17.4. The van der Waals surface area contributed by atoms with Gasteiger partial charge in [0, 0.05) is 6.04 Å². The summed E-state index contributed by atoms with van der Waals surface area (Å²) < 4.78 is 10.5. The molecule has 3 aliphatic rings. The van der Waals surface area contributed by atoms with E-state index < -0.39 is 6.04 Å². The number of esters is 1. The second-order valence-corrected chi connectivity index (χ2v) is 6.63. The van der Waals surface area contributed by atoms with Gasteiger partial charge in [-0.1, -0.05) is 17.3 Å². The number of hydrogen-bond donors (Lipinski definition) is 1. The SMILES string of the molecule is CCOC(=O)C1C2CCC(CC2)N1C(=O)Nc1noc2ccccc12. The summed E-state index contributed by atoms with van der Waals surface area (Å²) in [6.07, 6.45) is 3.77. The topological polar surface area (TPSA) is 84.7 Å². The van der Waals surface area contributed by atoms with Crippen molar-refractivity contribution in [3.05, 3.63) is 24.3 Å². The molecule has 2 aromatic rings. The monoisotopic (exact) mass is 343 g/mol. The number of fused-ring (bicyclic) bond motifs is 4. The number of urea groups is 1. The van der Waals surface area contributed by atoms with Crippen LogP contribution in [0.1, 0.15) is 32.6 Å². The molecule has 1 aliphatic carbocycles. The molecule has 1 aromatic heterocycles. The van der Waals surface area contributed by atoms with Crippen molar-refractivity contribution in [1.82, 2.24) is 10.1 Å². The first-order valence-electron chi connectivity index (χ1n) is 8.79. The molecular formula is C18H21N3O4. The molecule has 1 atom stereocenters. The van der Waals surface area contributed by atoms with Crippen LogP contribution in [0.2, 0.25) is 0 Å². The Morgan fingerprint density at radius 2 is 2.04 bits per heavy atom. The second-order valence-electron chi connectivity index (χ2n) is 6.63. The highest BCUT2D eigenvalue weighted by Crippen LogP contribution is 2.40. The standard InChI is InChI=1S/C18H21N3O4/c1-2-24-17(22)15-11-7-9-12(10-8-11)21(15)18(23)19-16-13-5-3-4-6-14(13)25-20-16/h3-6,11-12,15H,2,7-10H2,1H3,(H,19,20,23). The van der Waals surface area contributed by atoms with E-state index >= 15 is 0 Å². The largest absolute Gasteiger partial charge is 0.464 e. The lowest BCUT2D eigenvalue weighted by Crippen LogP contribution is -2.61. The maximum absolute atomic E-state index is 12.9. The third-order valence-electron chi connectivity index (χ3n) is 5.25. The zero-order valence-corrected chi connectivity index (χ0v) is 14.1. The molecule has 2 aliphatic heterocycles. The van der Waals surface area contributed by atoms with Crippen LogP contribution in [0, 0.1) is 5.92 Å². The van der Waals surface area contributed by atoms with Crippen molar-refractivity contribution < 1.29 is 18.8 Å². The van der Waals surface area contributed by atoms with Gasteiger partial charge in [0.05, 0.1) is 12.0 Å². The number of para-hydroxylation sites is 1. The molecule has 132 valence electrons. The predicted octanol–water partition coefficient (Wildman–Crippen LogP) is 3.17. The molecule has 0 radical (unpaired) electrons. The Balaban J connectivity index is 1.59. The first-order chi connectivity index (χ1) is 12.2. The fourth-order valence-electron chi connectivity index (χ4n) is 4.12. The quantitative estimate of drug-likeness (QED) is 0.865. The number of anilines is 1. The van der Waals surface area contributed by atoms with Crippen LogP contribution < -0.4 is 5.32 Å². The summed E-state index contributed by atoms with van der Waals surface area (Å²) in [5.74, 6) is 0.241. The van der Waals surface area contributed by atoms with Crippen LogP contribution in [0.25, 0.3) is 11.0 Å². The van der Waals surface area contributed by atoms with Crippen molar-refractivity contribution in [3.8, 4) is 0 Å². The van der Waals surface area contributed by atoms with E-state index in [9.17, 15) is 9.59 Å². The summed E-state index contributed by atoms with van der Waals surface area (Å²) in [7, 11) is 0. The molecule has 7 nitrogen and oxygen atoms in total. The number of benzene rings is 1. The molecule has 5 rings (SSSR count). The van der Waals surface area contributed by atoms with Gasteiger partial charge in [-0.05, 0) is 50.7 Å². The van der Waals surface area contributed by atoms with Gasteiger partial charge in [-0.3, -0.25) is 5.32 Å². The Hall–Kier alpha value is -2.57. The number of hydrogen-bond acceptors (Lipinski definition) is 5. The first kappa shape index (κ1) is 15.9. The summed E-state index contributed by atoms with van der Waals surface area (Å²) in [6, 6.07) is 6.59. The summed E-state index contributed by atoms with van der Waals surface area (Å²) in [4.78, 5) is 27.0. The van der Waals surface area contributed by atoms with Gasteiger partial charge in [-0.15, -0.1) is 0 Å². The molecule has 3 fully saturated rings.